The van der Waals surface area contributed by atoms with E-state index in [9.17, 15) is 4.79 Å². The van der Waals surface area contributed by atoms with Gasteiger partial charge in [0.25, 0.3) is 5.91 Å². The van der Waals surface area contributed by atoms with Crippen molar-refractivity contribution in [1.82, 2.24) is 20.0 Å². The van der Waals surface area contributed by atoms with Crippen LogP contribution in [0.5, 0.6) is 0 Å². The molecule has 0 aliphatic carbocycles. The Bertz CT molecular complexity index is 381. The molecule has 5 nitrogen and oxygen atoms in total. The molecule has 0 radical (unpaired) electrons. The molecule has 15 heavy (non-hydrogen) atoms. The zero-order chi connectivity index (χ0) is 11.0. The number of nitrogens with zero attached hydrogens (tertiary/aromatic N) is 3. The molecular formula is C10H16N4O. The standard InChI is InChI=1S/C10H16N4O/c1-7-9(6-13(2)12-7)10(15)14(3)8-4-11-5-8/h6,8,11H,4-5H2,1-3H3. The minimum absolute atomic E-state index is 0.0621. The van der Waals surface area contributed by atoms with Gasteiger partial charge in [-0.15, -0.1) is 0 Å². The molecule has 0 atom stereocenters. The molecule has 2 heterocycles. The Labute approximate surface area is 89.1 Å². The molecule has 1 amide bonds. The Hall–Kier alpha value is -1.36. The van der Waals surface area contributed by atoms with E-state index in [0.717, 1.165) is 18.8 Å². The topological polar surface area (TPSA) is 50.2 Å². The maximum absolute atomic E-state index is 12.1. The van der Waals surface area contributed by atoms with Crippen LogP contribution >= 0.6 is 0 Å². The molecular weight excluding hydrogens is 192 g/mol. The summed E-state index contributed by atoms with van der Waals surface area (Å²) in [6, 6.07) is 0.331. The van der Waals surface area contributed by atoms with Gasteiger partial charge in [0.05, 0.1) is 17.3 Å². The summed E-state index contributed by atoms with van der Waals surface area (Å²) in [5.74, 6) is 0.0621. The molecule has 0 aromatic carbocycles. The summed E-state index contributed by atoms with van der Waals surface area (Å²) in [5.41, 5.74) is 1.49. The van der Waals surface area contributed by atoms with E-state index in [1.165, 1.54) is 0 Å². The van der Waals surface area contributed by atoms with Gasteiger partial charge in [-0.1, -0.05) is 0 Å². The Morgan fingerprint density at radius 1 is 1.67 bits per heavy atom. The predicted molar refractivity (Wildman–Crippen MR) is 56.7 cm³/mol. The first-order chi connectivity index (χ1) is 7.09. The van der Waals surface area contributed by atoms with Crippen LogP contribution in [0.2, 0.25) is 0 Å². The molecule has 82 valence electrons. The van der Waals surface area contributed by atoms with Crippen LogP contribution in [0.1, 0.15) is 16.1 Å². The van der Waals surface area contributed by atoms with E-state index >= 15 is 0 Å². The van der Waals surface area contributed by atoms with Crippen LogP contribution < -0.4 is 5.32 Å². The third-order valence-corrected chi connectivity index (χ3v) is 2.87. The van der Waals surface area contributed by atoms with E-state index in [-0.39, 0.29) is 5.91 Å². The molecule has 1 aromatic heterocycles. The Balaban J connectivity index is 2.15. The third-order valence-electron chi connectivity index (χ3n) is 2.87. The van der Waals surface area contributed by atoms with Crippen molar-refractivity contribution in [2.45, 2.75) is 13.0 Å². The summed E-state index contributed by atoms with van der Waals surface area (Å²) < 4.78 is 1.68. The van der Waals surface area contributed by atoms with Crippen molar-refractivity contribution in [2.75, 3.05) is 20.1 Å². The van der Waals surface area contributed by atoms with Crippen molar-refractivity contribution in [3.8, 4) is 0 Å². The van der Waals surface area contributed by atoms with Crippen LogP contribution in [0.25, 0.3) is 0 Å². The summed E-state index contributed by atoms with van der Waals surface area (Å²) in [7, 11) is 3.68. The third kappa shape index (κ3) is 1.74. The number of amides is 1. The van der Waals surface area contributed by atoms with Gasteiger partial charge in [0.1, 0.15) is 0 Å². The van der Waals surface area contributed by atoms with Gasteiger partial charge in [0, 0.05) is 33.4 Å². The molecule has 0 bridgehead atoms. The SMILES string of the molecule is Cc1nn(C)cc1C(=O)N(C)C1CNC1. The number of hydrogen-bond acceptors (Lipinski definition) is 3. The smallest absolute Gasteiger partial charge is 0.257 e. The zero-order valence-corrected chi connectivity index (χ0v) is 9.32. The Kier molecular flexibility index (Phi) is 2.48. The number of nitrogens with one attached hydrogen (secondary N) is 1. The second-order valence-corrected chi connectivity index (χ2v) is 4.03. The van der Waals surface area contributed by atoms with Gasteiger partial charge >= 0.3 is 0 Å². The molecule has 2 rings (SSSR count). The highest BCUT2D eigenvalue weighted by Crippen LogP contribution is 2.11. The van der Waals surface area contributed by atoms with Crippen molar-refractivity contribution < 1.29 is 4.79 Å². The van der Waals surface area contributed by atoms with E-state index in [0.29, 0.717) is 11.6 Å². The van der Waals surface area contributed by atoms with Crippen LogP contribution in [-0.2, 0) is 7.05 Å². The number of carbonyl (C=O) groups is 1. The van der Waals surface area contributed by atoms with Gasteiger partial charge in [0.2, 0.25) is 0 Å². The number of hydrogen-bond donors (Lipinski definition) is 1. The zero-order valence-electron chi connectivity index (χ0n) is 9.32. The lowest BCUT2D eigenvalue weighted by Gasteiger charge is -2.35. The number of aromatic nitrogens is 2. The van der Waals surface area contributed by atoms with E-state index in [1.807, 2.05) is 21.0 Å². The van der Waals surface area contributed by atoms with E-state index < -0.39 is 0 Å². The molecule has 0 spiro atoms. The van der Waals surface area contributed by atoms with Gasteiger partial charge in [-0.25, -0.2) is 0 Å². The van der Waals surface area contributed by atoms with Crippen molar-refractivity contribution in [1.29, 1.82) is 0 Å². The fourth-order valence-electron chi connectivity index (χ4n) is 1.71. The van der Waals surface area contributed by atoms with Crippen LogP contribution in [0.3, 0.4) is 0 Å². The first-order valence-electron chi connectivity index (χ1n) is 5.07. The van der Waals surface area contributed by atoms with Crippen LogP contribution in [0.4, 0.5) is 0 Å². The second kappa shape index (κ2) is 3.66. The van der Waals surface area contributed by atoms with Crippen molar-refractivity contribution in [2.24, 2.45) is 7.05 Å². The lowest BCUT2D eigenvalue weighted by atomic mass is 10.1. The van der Waals surface area contributed by atoms with E-state index in [2.05, 4.69) is 10.4 Å². The molecule has 1 saturated heterocycles. The summed E-state index contributed by atoms with van der Waals surface area (Å²) in [5, 5.41) is 7.32. The van der Waals surface area contributed by atoms with Gasteiger partial charge in [-0.2, -0.15) is 5.10 Å². The average molecular weight is 208 g/mol. The van der Waals surface area contributed by atoms with Crippen LogP contribution in [0.15, 0.2) is 6.20 Å². The summed E-state index contributed by atoms with van der Waals surface area (Å²) in [4.78, 5) is 13.9. The maximum Gasteiger partial charge on any atom is 0.257 e. The van der Waals surface area contributed by atoms with Crippen molar-refractivity contribution >= 4 is 5.91 Å². The Morgan fingerprint density at radius 2 is 2.33 bits per heavy atom. The molecule has 0 saturated carbocycles. The van der Waals surface area contributed by atoms with Crippen LogP contribution in [-0.4, -0.2) is 46.8 Å². The van der Waals surface area contributed by atoms with Gasteiger partial charge in [-0.05, 0) is 6.92 Å². The lowest BCUT2D eigenvalue weighted by Crippen LogP contribution is -2.57. The van der Waals surface area contributed by atoms with Gasteiger partial charge in [-0.3, -0.25) is 9.48 Å². The van der Waals surface area contributed by atoms with Gasteiger partial charge < -0.3 is 10.2 Å². The number of carbonyl (C=O) groups excluding carboxylic acids is 1. The fraction of sp³-hybridized carbons (Fsp3) is 0.600. The number of rotatable bonds is 2. The summed E-state index contributed by atoms with van der Waals surface area (Å²) in [6.45, 7) is 3.64. The average Bonchev–Trinajstić information content (AvgIpc) is 2.41. The summed E-state index contributed by atoms with van der Waals surface area (Å²) >= 11 is 0. The minimum atomic E-state index is 0.0621. The molecule has 1 N–H and O–H groups in total. The van der Waals surface area contributed by atoms with Crippen molar-refractivity contribution in [3.63, 3.8) is 0 Å². The van der Waals surface area contributed by atoms with E-state index in [1.54, 1.807) is 15.8 Å². The molecule has 5 heteroatoms. The monoisotopic (exact) mass is 208 g/mol. The quantitative estimate of drug-likeness (QED) is 0.730. The molecule has 1 aliphatic heterocycles. The summed E-state index contributed by atoms with van der Waals surface area (Å²) in [6.07, 6.45) is 1.78. The van der Waals surface area contributed by atoms with Crippen LogP contribution in [0, 0.1) is 6.92 Å². The molecule has 0 unspecified atom stereocenters. The van der Waals surface area contributed by atoms with Crippen molar-refractivity contribution in [3.05, 3.63) is 17.5 Å². The van der Waals surface area contributed by atoms with E-state index in [4.69, 9.17) is 0 Å². The highest BCUT2D eigenvalue weighted by molar-refractivity contribution is 5.95. The maximum atomic E-state index is 12.1. The lowest BCUT2D eigenvalue weighted by molar-refractivity contribution is 0.0680. The highest BCUT2D eigenvalue weighted by Gasteiger charge is 2.27. The molecule has 1 aromatic rings. The first kappa shape index (κ1) is 10.2. The Morgan fingerprint density at radius 3 is 2.73 bits per heavy atom. The highest BCUT2D eigenvalue weighted by atomic mass is 16.2. The number of likely N-dealkylation sites (N-methyl/N-ethyl adjacent to an activating group) is 1. The minimum Gasteiger partial charge on any atom is -0.336 e. The second-order valence-electron chi connectivity index (χ2n) is 4.03. The van der Waals surface area contributed by atoms with Gasteiger partial charge in [0.15, 0.2) is 0 Å². The molecule has 1 fully saturated rings. The predicted octanol–water partition coefficient (Wildman–Crippen LogP) is -0.228. The molecule has 1 aliphatic rings. The normalized spacial score (nSPS) is 16.2. The number of aryl methyl sites for hydroxylation is 2. The fourth-order valence-corrected chi connectivity index (χ4v) is 1.71. The largest absolute Gasteiger partial charge is 0.336 e. The first-order valence-corrected chi connectivity index (χ1v) is 5.07.